The average molecular weight is 435 g/mol. The van der Waals surface area contributed by atoms with Gasteiger partial charge in [-0.15, -0.1) is 10.2 Å². The fourth-order valence-electron chi connectivity index (χ4n) is 3.75. The van der Waals surface area contributed by atoms with E-state index in [9.17, 15) is 18.0 Å². The Labute approximate surface area is 173 Å². The number of hydrogen-bond donors (Lipinski definition) is 1. The van der Waals surface area contributed by atoms with Crippen molar-refractivity contribution in [1.29, 1.82) is 0 Å². The highest BCUT2D eigenvalue weighted by Gasteiger charge is 2.45. The second-order valence-corrected chi connectivity index (χ2v) is 10.5. The SMILES string of the molecule is CC(C)c1nnc(NC(=O)c2ccc3c(c2)S(=O)(=O)N(C2CCCCC2)C3=O)s1. The molecule has 29 heavy (non-hydrogen) atoms. The lowest BCUT2D eigenvalue weighted by Gasteiger charge is -2.29. The summed E-state index contributed by atoms with van der Waals surface area (Å²) in [6.45, 7) is 3.96. The van der Waals surface area contributed by atoms with E-state index in [4.69, 9.17) is 0 Å². The van der Waals surface area contributed by atoms with E-state index >= 15 is 0 Å². The second-order valence-electron chi connectivity index (χ2n) is 7.66. The number of amides is 2. The lowest BCUT2D eigenvalue weighted by molar-refractivity contribution is 0.0809. The molecule has 0 unspecified atom stereocenters. The first kappa shape index (κ1) is 20.0. The van der Waals surface area contributed by atoms with E-state index in [1.54, 1.807) is 0 Å². The number of carbonyl (C=O) groups excluding carboxylic acids is 2. The van der Waals surface area contributed by atoms with Crippen LogP contribution in [0.3, 0.4) is 0 Å². The zero-order chi connectivity index (χ0) is 20.8. The Balaban J connectivity index is 1.60. The summed E-state index contributed by atoms with van der Waals surface area (Å²) in [6, 6.07) is 3.87. The number of anilines is 1. The van der Waals surface area contributed by atoms with Gasteiger partial charge in [-0.25, -0.2) is 12.7 Å². The van der Waals surface area contributed by atoms with Gasteiger partial charge in [0.25, 0.3) is 21.8 Å². The normalized spacial score (nSPS) is 18.9. The molecule has 1 aromatic carbocycles. The molecule has 1 N–H and O–H groups in total. The van der Waals surface area contributed by atoms with Crippen molar-refractivity contribution in [1.82, 2.24) is 14.5 Å². The number of carbonyl (C=O) groups is 2. The van der Waals surface area contributed by atoms with Crippen molar-refractivity contribution in [2.75, 3.05) is 5.32 Å². The van der Waals surface area contributed by atoms with Crippen molar-refractivity contribution >= 4 is 38.3 Å². The molecule has 0 radical (unpaired) electrons. The van der Waals surface area contributed by atoms with Gasteiger partial charge in [0.15, 0.2) is 0 Å². The molecular weight excluding hydrogens is 412 g/mol. The Hall–Kier alpha value is -2.33. The number of hydrogen-bond acceptors (Lipinski definition) is 7. The van der Waals surface area contributed by atoms with Gasteiger partial charge in [-0.3, -0.25) is 14.9 Å². The van der Waals surface area contributed by atoms with Gasteiger partial charge in [0.2, 0.25) is 5.13 Å². The van der Waals surface area contributed by atoms with Gasteiger partial charge in [0, 0.05) is 17.5 Å². The Morgan fingerprint density at radius 1 is 1.21 bits per heavy atom. The van der Waals surface area contributed by atoms with Gasteiger partial charge < -0.3 is 0 Å². The highest BCUT2D eigenvalue weighted by atomic mass is 32.2. The molecule has 0 bridgehead atoms. The molecule has 1 saturated carbocycles. The van der Waals surface area contributed by atoms with E-state index in [2.05, 4.69) is 15.5 Å². The molecule has 1 aliphatic heterocycles. The summed E-state index contributed by atoms with van der Waals surface area (Å²) in [4.78, 5) is 25.3. The number of sulfonamides is 1. The molecule has 4 rings (SSSR count). The van der Waals surface area contributed by atoms with Crippen molar-refractivity contribution < 1.29 is 18.0 Å². The minimum absolute atomic E-state index is 0.0964. The molecule has 1 aromatic heterocycles. The highest BCUT2D eigenvalue weighted by Crippen LogP contribution is 2.36. The minimum Gasteiger partial charge on any atom is -0.296 e. The van der Waals surface area contributed by atoms with E-state index in [0.29, 0.717) is 18.0 Å². The number of fused-ring (bicyclic) bond motifs is 1. The van der Waals surface area contributed by atoms with Crippen molar-refractivity contribution in [2.24, 2.45) is 0 Å². The third-order valence-electron chi connectivity index (χ3n) is 5.27. The molecule has 1 fully saturated rings. The van der Waals surface area contributed by atoms with Crippen LogP contribution in [0.2, 0.25) is 0 Å². The number of nitrogens with one attached hydrogen (secondary N) is 1. The molecular formula is C19H22N4O4S2. The first-order valence-electron chi connectivity index (χ1n) is 9.66. The van der Waals surface area contributed by atoms with Crippen LogP contribution in [0.15, 0.2) is 23.1 Å². The Morgan fingerprint density at radius 3 is 2.59 bits per heavy atom. The van der Waals surface area contributed by atoms with Crippen LogP contribution >= 0.6 is 11.3 Å². The van der Waals surface area contributed by atoms with E-state index in [1.165, 1.54) is 29.5 Å². The van der Waals surface area contributed by atoms with Crippen LogP contribution in [0.4, 0.5) is 5.13 Å². The second kappa shape index (κ2) is 7.49. The topological polar surface area (TPSA) is 109 Å². The standard InChI is InChI=1S/C19H22N4O4S2/c1-11(2)17-21-22-19(28-17)20-16(24)12-8-9-14-15(10-12)29(26,27)23(18(14)25)13-6-4-3-5-7-13/h8-11,13H,3-7H2,1-2H3,(H,20,22,24). The predicted molar refractivity (Wildman–Crippen MR) is 109 cm³/mol. The fourth-order valence-corrected chi connectivity index (χ4v) is 6.33. The quantitative estimate of drug-likeness (QED) is 0.790. The first-order chi connectivity index (χ1) is 13.8. The predicted octanol–water partition coefficient (Wildman–Crippen LogP) is 3.39. The summed E-state index contributed by atoms with van der Waals surface area (Å²) < 4.78 is 27.1. The van der Waals surface area contributed by atoms with Gasteiger partial charge in [0.05, 0.1) is 5.56 Å². The van der Waals surface area contributed by atoms with Crippen LogP contribution in [0.25, 0.3) is 0 Å². The van der Waals surface area contributed by atoms with Crippen molar-refractivity contribution in [2.45, 2.75) is 62.8 Å². The average Bonchev–Trinajstić information content (AvgIpc) is 3.24. The lowest BCUT2D eigenvalue weighted by Crippen LogP contribution is -2.40. The van der Waals surface area contributed by atoms with Crippen LogP contribution in [-0.4, -0.2) is 40.8 Å². The highest BCUT2D eigenvalue weighted by molar-refractivity contribution is 7.90. The molecule has 2 heterocycles. The van der Waals surface area contributed by atoms with Crippen molar-refractivity contribution in [3.63, 3.8) is 0 Å². The van der Waals surface area contributed by atoms with Crippen LogP contribution in [0, 0.1) is 0 Å². The van der Waals surface area contributed by atoms with E-state index in [-0.39, 0.29) is 28.0 Å². The van der Waals surface area contributed by atoms with Gasteiger partial charge in [-0.2, -0.15) is 0 Å². The lowest BCUT2D eigenvalue weighted by atomic mass is 9.95. The van der Waals surface area contributed by atoms with Crippen LogP contribution in [0.5, 0.6) is 0 Å². The number of rotatable bonds is 4. The third kappa shape index (κ3) is 3.55. The van der Waals surface area contributed by atoms with Crippen molar-refractivity contribution in [3.05, 3.63) is 34.3 Å². The fraction of sp³-hybridized carbons (Fsp3) is 0.474. The molecule has 8 nitrogen and oxygen atoms in total. The van der Waals surface area contributed by atoms with E-state index in [1.807, 2.05) is 13.8 Å². The van der Waals surface area contributed by atoms with Crippen LogP contribution in [-0.2, 0) is 10.0 Å². The molecule has 0 atom stereocenters. The van der Waals surface area contributed by atoms with Crippen molar-refractivity contribution in [3.8, 4) is 0 Å². The molecule has 0 saturated heterocycles. The summed E-state index contributed by atoms with van der Waals surface area (Å²) in [5, 5.41) is 11.8. The molecule has 1 aliphatic carbocycles. The molecule has 0 spiro atoms. The number of aromatic nitrogens is 2. The summed E-state index contributed by atoms with van der Waals surface area (Å²) >= 11 is 1.27. The zero-order valence-electron chi connectivity index (χ0n) is 16.2. The summed E-state index contributed by atoms with van der Waals surface area (Å²) in [5.41, 5.74) is 0.289. The maximum atomic E-state index is 13.1. The molecule has 2 aliphatic rings. The Morgan fingerprint density at radius 2 is 1.93 bits per heavy atom. The van der Waals surface area contributed by atoms with Gasteiger partial charge >= 0.3 is 0 Å². The van der Waals surface area contributed by atoms with Gasteiger partial charge in [-0.1, -0.05) is 44.4 Å². The Bertz CT molecular complexity index is 1070. The van der Waals surface area contributed by atoms with Gasteiger partial charge in [-0.05, 0) is 31.0 Å². The molecule has 2 amide bonds. The van der Waals surface area contributed by atoms with Crippen LogP contribution in [0.1, 0.15) is 77.6 Å². The first-order valence-corrected chi connectivity index (χ1v) is 11.9. The number of nitrogens with zero attached hydrogens (tertiary/aromatic N) is 3. The summed E-state index contributed by atoms with van der Waals surface area (Å²) in [5.74, 6) is -0.789. The minimum atomic E-state index is -3.95. The smallest absolute Gasteiger partial charge is 0.269 e. The zero-order valence-corrected chi connectivity index (χ0v) is 17.8. The summed E-state index contributed by atoms with van der Waals surface area (Å²) in [7, 11) is -3.95. The maximum absolute atomic E-state index is 13.1. The molecule has 2 aromatic rings. The largest absolute Gasteiger partial charge is 0.296 e. The van der Waals surface area contributed by atoms with Gasteiger partial charge in [0.1, 0.15) is 9.90 Å². The van der Waals surface area contributed by atoms with Crippen LogP contribution < -0.4 is 5.32 Å². The maximum Gasteiger partial charge on any atom is 0.269 e. The van der Waals surface area contributed by atoms with E-state index in [0.717, 1.165) is 28.6 Å². The van der Waals surface area contributed by atoms with E-state index < -0.39 is 21.8 Å². The Kier molecular flexibility index (Phi) is 5.16. The monoisotopic (exact) mass is 434 g/mol. The third-order valence-corrected chi connectivity index (χ3v) is 8.29. The summed E-state index contributed by atoms with van der Waals surface area (Å²) in [6.07, 6.45) is 4.24. The molecule has 154 valence electrons. The molecule has 10 heteroatoms. The number of benzene rings is 1.